The second-order valence-corrected chi connectivity index (χ2v) is 6.20. The Labute approximate surface area is 139 Å². The average Bonchev–Trinajstić information content (AvgIpc) is 2.59. The first-order valence-corrected chi connectivity index (χ1v) is 8.49. The normalized spacial score (nSPS) is 15.5. The third-order valence-electron chi connectivity index (χ3n) is 4.35. The maximum absolute atomic E-state index is 5.40. The van der Waals surface area contributed by atoms with E-state index in [0.29, 0.717) is 0 Å². The molecule has 1 saturated heterocycles. The number of nitrogens with zero attached hydrogens (tertiary/aromatic N) is 1. The van der Waals surface area contributed by atoms with Crippen molar-refractivity contribution in [2.75, 3.05) is 44.7 Å². The van der Waals surface area contributed by atoms with E-state index in [9.17, 15) is 0 Å². The summed E-state index contributed by atoms with van der Waals surface area (Å²) in [4.78, 5) is 2.46. The van der Waals surface area contributed by atoms with Crippen LogP contribution < -0.4 is 5.32 Å². The van der Waals surface area contributed by atoms with E-state index in [0.717, 1.165) is 45.8 Å². The van der Waals surface area contributed by atoms with E-state index in [-0.39, 0.29) is 0 Å². The summed E-state index contributed by atoms with van der Waals surface area (Å²) >= 11 is 0. The van der Waals surface area contributed by atoms with Crippen molar-refractivity contribution < 1.29 is 4.74 Å². The van der Waals surface area contributed by atoms with Crippen molar-refractivity contribution in [3.8, 4) is 0 Å². The van der Waals surface area contributed by atoms with Gasteiger partial charge in [-0.3, -0.25) is 4.90 Å². The number of anilines is 1. The fourth-order valence-electron chi connectivity index (χ4n) is 3.03. The van der Waals surface area contributed by atoms with E-state index in [4.69, 9.17) is 4.74 Å². The molecular formula is C20H26N2O. The Morgan fingerprint density at radius 3 is 2.61 bits per heavy atom. The highest BCUT2D eigenvalue weighted by atomic mass is 16.5. The van der Waals surface area contributed by atoms with Crippen molar-refractivity contribution in [2.24, 2.45) is 0 Å². The number of nitrogens with one attached hydrogen (secondary N) is 1. The zero-order valence-corrected chi connectivity index (χ0v) is 13.9. The van der Waals surface area contributed by atoms with Crippen LogP contribution >= 0.6 is 0 Å². The topological polar surface area (TPSA) is 24.5 Å². The Hall–Kier alpha value is -1.84. The number of ether oxygens (including phenoxy) is 1. The summed E-state index contributed by atoms with van der Waals surface area (Å²) in [6.07, 6.45) is 0.975. The van der Waals surface area contributed by atoms with Gasteiger partial charge in [-0.1, -0.05) is 48.0 Å². The fourth-order valence-corrected chi connectivity index (χ4v) is 3.03. The molecule has 0 bridgehead atoms. The lowest BCUT2D eigenvalue weighted by atomic mass is 10.0. The summed E-state index contributed by atoms with van der Waals surface area (Å²) in [5.41, 5.74) is 5.30. The summed E-state index contributed by atoms with van der Waals surface area (Å²) in [7, 11) is 0. The second kappa shape index (κ2) is 8.14. The molecule has 1 heterocycles. The van der Waals surface area contributed by atoms with E-state index in [1.807, 2.05) is 0 Å². The predicted octanol–water partition coefficient (Wildman–Crippen LogP) is 3.33. The summed E-state index contributed by atoms with van der Waals surface area (Å²) in [6, 6.07) is 17.4. The molecule has 1 fully saturated rings. The largest absolute Gasteiger partial charge is 0.384 e. The lowest BCUT2D eigenvalue weighted by Crippen LogP contribution is -2.39. The summed E-state index contributed by atoms with van der Waals surface area (Å²) < 4.78 is 5.40. The van der Waals surface area contributed by atoms with Crippen LogP contribution in [0.4, 0.5) is 5.69 Å². The molecule has 3 rings (SSSR count). The molecular weight excluding hydrogens is 284 g/mol. The minimum atomic E-state index is 0.865. The van der Waals surface area contributed by atoms with E-state index in [1.54, 1.807) is 0 Å². The third-order valence-corrected chi connectivity index (χ3v) is 4.35. The number of benzene rings is 2. The first-order chi connectivity index (χ1) is 11.3. The van der Waals surface area contributed by atoms with Crippen LogP contribution in [0.2, 0.25) is 0 Å². The van der Waals surface area contributed by atoms with E-state index in [1.165, 1.54) is 22.4 Å². The molecule has 0 aliphatic carbocycles. The van der Waals surface area contributed by atoms with Crippen LogP contribution in [0.3, 0.4) is 0 Å². The van der Waals surface area contributed by atoms with E-state index < -0.39 is 0 Å². The van der Waals surface area contributed by atoms with Crippen LogP contribution in [0.5, 0.6) is 0 Å². The van der Waals surface area contributed by atoms with Crippen LogP contribution in [-0.4, -0.2) is 44.3 Å². The van der Waals surface area contributed by atoms with E-state index >= 15 is 0 Å². The number of aryl methyl sites for hydroxylation is 1. The van der Waals surface area contributed by atoms with Gasteiger partial charge in [-0.25, -0.2) is 0 Å². The highest BCUT2D eigenvalue weighted by molar-refractivity contribution is 5.54. The van der Waals surface area contributed by atoms with Gasteiger partial charge < -0.3 is 10.1 Å². The van der Waals surface area contributed by atoms with Gasteiger partial charge in [0.15, 0.2) is 0 Å². The van der Waals surface area contributed by atoms with Gasteiger partial charge in [0.05, 0.1) is 13.2 Å². The maximum atomic E-state index is 5.40. The molecule has 0 atom stereocenters. The lowest BCUT2D eigenvalue weighted by Gasteiger charge is -2.26. The van der Waals surface area contributed by atoms with Crippen LogP contribution in [0.25, 0.3) is 0 Å². The van der Waals surface area contributed by atoms with Gasteiger partial charge in [0, 0.05) is 31.9 Å². The average molecular weight is 310 g/mol. The van der Waals surface area contributed by atoms with Crippen molar-refractivity contribution in [1.82, 2.24) is 4.90 Å². The van der Waals surface area contributed by atoms with Gasteiger partial charge in [-0.2, -0.15) is 0 Å². The monoisotopic (exact) mass is 310 g/mol. The van der Waals surface area contributed by atoms with Crippen molar-refractivity contribution in [1.29, 1.82) is 0 Å². The predicted molar refractivity (Wildman–Crippen MR) is 96.2 cm³/mol. The molecule has 3 heteroatoms. The molecule has 1 N–H and O–H groups in total. The Morgan fingerprint density at radius 2 is 1.83 bits per heavy atom. The van der Waals surface area contributed by atoms with Crippen LogP contribution in [0, 0.1) is 6.92 Å². The highest BCUT2D eigenvalue weighted by Crippen LogP contribution is 2.21. The highest BCUT2D eigenvalue weighted by Gasteiger charge is 2.10. The molecule has 2 aromatic carbocycles. The van der Waals surface area contributed by atoms with Gasteiger partial charge in [0.25, 0.3) is 0 Å². The number of morpholine rings is 1. The van der Waals surface area contributed by atoms with Gasteiger partial charge in [0.1, 0.15) is 0 Å². The molecule has 0 radical (unpaired) electrons. The molecule has 1 aliphatic heterocycles. The molecule has 0 saturated carbocycles. The fraction of sp³-hybridized carbons (Fsp3) is 0.400. The van der Waals surface area contributed by atoms with Crippen LogP contribution in [0.1, 0.15) is 16.7 Å². The number of hydrogen-bond donors (Lipinski definition) is 1. The summed E-state index contributed by atoms with van der Waals surface area (Å²) in [5.74, 6) is 0. The van der Waals surface area contributed by atoms with Crippen molar-refractivity contribution >= 4 is 5.69 Å². The molecule has 0 unspecified atom stereocenters. The summed E-state index contributed by atoms with van der Waals surface area (Å²) in [6.45, 7) is 8.03. The minimum absolute atomic E-state index is 0.865. The molecule has 2 aromatic rings. The number of hydrogen-bond acceptors (Lipinski definition) is 3. The smallest absolute Gasteiger partial charge is 0.0594 e. The zero-order valence-electron chi connectivity index (χ0n) is 13.9. The first kappa shape index (κ1) is 16.0. The van der Waals surface area contributed by atoms with Crippen molar-refractivity contribution in [3.63, 3.8) is 0 Å². The SMILES string of the molecule is Cc1ccc(NCCN2CCOCC2)c(Cc2ccccc2)c1. The van der Waals surface area contributed by atoms with Gasteiger partial charge in [-0.15, -0.1) is 0 Å². The molecule has 122 valence electrons. The van der Waals surface area contributed by atoms with Gasteiger partial charge in [0.2, 0.25) is 0 Å². The van der Waals surface area contributed by atoms with Crippen LogP contribution in [-0.2, 0) is 11.2 Å². The molecule has 23 heavy (non-hydrogen) atoms. The summed E-state index contributed by atoms with van der Waals surface area (Å²) in [5, 5.41) is 3.63. The van der Waals surface area contributed by atoms with Gasteiger partial charge >= 0.3 is 0 Å². The van der Waals surface area contributed by atoms with Crippen molar-refractivity contribution in [2.45, 2.75) is 13.3 Å². The minimum Gasteiger partial charge on any atom is -0.384 e. The molecule has 0 spiro atoms. The Kier molecular flexibility index (Phi) is 5.67. The third kappa shape index (κ3) is 4.81. The van der Waals surface area contributed by atoms with Crippen LogP contribution in [0.15, 0.2) is 48.5 Å². The molecule has 1 aliphatic rings. The Morgan fingerprint density at radius 1 is 1.04 bits per heavy atom. The van der Waals surface area contributed by atoms with E-state index in [2.05, 4.69) is 65.7 Å². The molecule has 3 nitrogen and oxygen atoms in total. The standard InChI is InChI=1S/C20H26N2O/c1-17-7-8-20(21-9-10-22-11-13-23-14-12-22)19(15-17)16-18-5-3-2-4-6-18/h2-8,15,21H,9-14,16H2,1H3. The quantitative estimate of drug-likeness (QED) is 0.886. The number of rotatable bonds is 6. The Bertz CT molecular complexity index is 606. The van der Waals surface area contributed by atoms with Crippen molar-refractivity contribution in [3.05, 3.63) is 65.2 Å². The molecule has 0 aromatic heterocycles. The zero-order chi connectivity index (χ0) is 15.9. The lowest BCUT2D eigenvalue weighted by molar-refractivity contribution is 0.0398. The van der Waals surface area contributed by atoms with Gasteiger partial charge in [-0.05, 0) is 30.5 Å². The maximum Gasteiger partial charge on any atom is 0.0594 e. The Balaban J connectivity index is 1.61. The first-order valence-electron chi connectivity index (χ1n) is 8.49. The second-order valence-electron chi connectivity index (χ2n) is 6.20. The molecule has 0 amide bonds.